The lowest BCUT2D eigenvalue weighted by atomic mass is 10.0. The molecule has 0 unspecified atom stereocenters. The molecule has 3 aromatic heterocycles. The fourth-order valence-corrected chi connectivity index (χ4v) is 17.1. The first-order chi connectivity index (χ1) is 52.9. The maximum Gasteiger partial charge on any atom is 0.251 e. The summed E-state index contributed by atoms with van der Waals surface area (Å²) >= 11 is 0. The van der Waals surface area contributed by atoms with E-state index < -0.39 is 0 Å². The molecule has 1 atom stereocenters. The smallest absolute Gasteiger partial charge is 0.251 e. The highest BCUT2D eigenvalue weighted by Crippen LogP contribution is 2.55. The van der Waals surface area contributed by atoms with Gasteiger partial charge < -0.3 is 80.2 Å². The minimum absolute atomic E-state index is 0.0767. The summed E-state index contributed by atoms with van der Waals surface area (Å²) in [5.41, 5.74) is 5.33. The van der Waals surface area contributed by atoms with E-state index in [0.29, 0.717) is 119 Å². The number of anilines is 12. The van der Waals surface area contributed by atoms with Crippen LogP contribution in [0.3, 0.4) is 0 Å². The Labute approximate surface area is 637 Å². The van der Waals surface area contributed by atoms with Gasteiger partial charge in [-0.1, -0.05) is 58.3 Å². The first-order valence-corrected chi connectivity index (χ1v) is 39.5. The lowest BCUT2D eigenvalue weighted by Crippen LogP contribution is -2.41. The normalized spacial score (nSPS) is 21.1. The van der Waals surface area contributed by atoms with Crippen LogP contribution in [0, 0.1) is 16.7 Å². The van der Waals surface area contributed by atoms with Crippen LogP contribution in [0.5, 0.6) is 17.2 Å². The predicted molar refractivity (Wildman–Crippen MR) is 418 cm³/mol. The topological polar surface area (TPSA) is 308 Å². The summed E-state index contributed by atoms with van der Waals surface area (Å²) in [5, 5.41) is 19.1. The molecule has 1 saturated heterocycles. The van der Waals surface area contributed by atoms with Crippen LogP contribution in [0.15, 0.2) is 73.2 Å². The highest BCUT2D eigenvalue weighted by molar-refractivity contribution is 6.05. The van der Waals surface area contributed by atoms with Gasteiger partial charge in [-0.05, 0) is 157 Å². The molecule has 6 amide bonds. The Morgan fingerprint density at radius 1 is 0.440 bits per heavy atom. The van der Waals surface area contributed by atoms with Crippen molar-refractivity contribution in [3.63, 3.8) is 0 Å². The average molecular weight is 1490 g/mol. The van der Waals surface area contributed by atoms with Gasteiger partial charge in [0.2, 0.25) is 35.6 Å². The van der Waals surface area contributed by atoms with E-state index in [1.807, 2.05) is 39.2 Å². The number of carbonyl (C=O) groups excluding carboxylic acids is 6. The van der Waals surface area contributed by atoms with Crippen LogP contribution in [-0.4, -0.2) is 177 Å². The second-order valence-electron chi connectivity index (χ2n) is 31.7. The van der Waals surface area contributed by atoms with Gasteiger partial charge in [-0.2, -0.15) is 15.0 Å². The molecule has 0 radical (unpaired) electrons. The zero-order valence-corrected chi connectivity index (χ0v) is 63.9. The van der Waals surface area contributed by atoms with Gasteiger partial charge >= 0.3 is 0 Å². The highest BCUT2D eigenvalue weighted by Gasteiger charge is 2.57. The summed E-state index contributed by atoms with van der Waals surface area (Å²) in [6.07, 6.45) is 31.0. The molecule has 6 N–H and O–H groups in total. The number of benzene rings is 3. The number of methoxy groups -OCH3 is 3. The molecule has 4 aliphatic heterocycles. The molecule has 109 heavy (non-hydrogen) atoms. The molecule has 0 bridgehead atoms. The van der Waals surface area contributed by atoms with Crippen molar-refractivity contribution in [3.05, 3.63) is 89.9 Å². The van der Waals surface area contributed by atoms with E-state index in [-0.39, 0.29) is 64.3 Å². The summed E-state index contributed by atoms with van der Waals surface area (Å²) in [5.74, 6) is 5.31. The molecule has 3 aromatic carbocycles. The van der Waals surface area contributed by atoms with E-state index in [1.165, 1.54) is 51.4 Å². The van der Waals surface area contributed by atoms with Crippen LogP contribution in [0.1, 0.15) is 192 Å². The SMILES string of the molecule is COc1cc(C(=O)NC2CC2)ccc1Nc1ncc2c(n1)N(C1CCCC1)C[C@H](C)C(=O)N2C.COc1cc(C(=O)NC2CCCC2)ccc1Nc1ncc2c(n1)N(C1CCCC1)CC1(CC1)C(=O)N2C.COc1cc(C(=O)NC2CCOCC2)ccc1Nc1ncc2c(n1)N(C1CCCC1)CC1(CC1)C(=O)N2C. The van der Waals surface area contributed by atoms with Crippen molar-refractivity contribution in [2.75, 3.05) is 121 Å². The van der Waals surface area contributed by atoms with Crippen LogP contribution in [0.4, 0.5) is 69.4 Å². The summed E-state index contributed by atoms with van der Waals surface area (Å²) in [6, 6.07) is 17.8. The molecule has 7 saturated carbocycles. The number of carbonyl (C=O) groups is 6. The van der Waals surface area contributed by atoms with Crippen LogP contribution in [-0.2, 0) is 19.1 Å². The van der Waals surface area contributed by atoms with Crippen molar-refractivity contribution in [1.29, 1.82) is 0 Å². The van der Waals surface area contributed by atoms with Crippen molar-refractivity contribution in [1.82, 2.24) is 45.9 Å². The summed E-state index contributed by atoms with van der Waals surface area (Å²) in [6.45, 7) is 5.39. The Kier molecular flexibility index (Phi) is 21.7. The van der Waals surface area contributed by atoms with Crippen LogP contribution >= 0.6 is 0 Å². The molecule has 28 heteroatoms. The summed E-state index contributed by atoms with van der Waals surface area (Å²) < 4.78 is 22.2. The number of nitrogens with one attached hydrogen (secondary N) is 6. The van der Waals surface area contributed by atoms with Gasteiger partial charge in [0.1, 0.15) is 34.3 Å². The minimum atomic E-state index is -0.296. The third kappa shape index (κ3) is 16.0. The average Bonchev–Trinajstić information content (AvgIpc) is 1.58. The second kappa shape index (κ2) is 31.8. The molecular formula is C81H104N18O10. The van der Waals surface area contributed by atoms with E-state index in [4.69, 9.17) is 33.9 Å². The van der Waals surface area contributed by atoms with Crippen LogP contribution in [0.25, 0.3) is 0 Å². The van der Waals surface area contributed by atoms with E-state index in [0.717, 1.165) is 144 Å². The van der Waals surface area contributed by atoms with Crippen molar-refractivity contribution >= 4 is 105 Å². The zero-order valence-electron chi connectivity index (χ0n) is 63.9. The van der Waals surface area contributed by atoms with Crippen LogP contribution < -0.4 is 75.5 Å². The quantitative estimate of drug-likeness (QED) is 0.0466. The number of aromatic nitrogens is 6. The molecule has 17 rings (SSSR count). The number of hydrogen-bond donors (Lipinski definition) is 6. The molecule has 6 aromatic rings. The van der Waals surface area contributed by atoms with Gasteiger partial charge in [0.05, 0.1) is 73.7 Å². The molecule has 7 aliphatic carbocycles. The monoisotopic (exact) mass is 1490 g/mol. The van der Waals surface area contributed by atoms with Gasteiger partial charge in [0.15, 0.2) is 17.5 Å². The Hall–Kier alpha value is -10.1. The number of nitrogens with zero attached hydrogens (tertiary/aromatic N) is 12. The van der Waals surface area contributed by atoms with E-state index in [2.05, 4.69) is 61.6 Å². The lowest BCUT2D eigenvalue weighted by Gasteiger charge is -2.31. The minimum Gasteiger partial charge on any atom is -0.495 e. The van der Waals surface area contributed by atoms with Crippen molar-refractivity contribution < 1.29 is 47.7 Å². The van der Waals surface area contributed by atoms with Crippen molar-refractivity contribution in [2.24, 2.45) is 16.7 Å². The fraction of sp³-hybridized carbons (Fsp3) is 0.556. The highest BCUT2D eigenvalue weighted by atomic mass is 16.5. The molecule has 11 aliphatic rings. The Bertz CT molecular complexity index is 4390. The fourth-order valence-electron chi connectivity index (χ4n) is 17.1. The summed E-state index contributed by atoms with van der Waals surface area (Å²) in [7, 11) is 10.2. The number of fused-ring (bicyclic) bond motifs is 3. The van der Waals surface area contributed by atoms with Gasteiger partial charge in [0, 0.05) is 107 Å². The number of amides is 6. The lowest BCUT2D eigenvalue weighted by molar-refractivity contribution is -0.123. The molecule has 578 valence electrons. The van der Waals surface area contributed by atoms with E-state index >= 15 is 0 Å². The van der Waals surface area contributed by atoms with Crippen LogP contribution in [0.2, 0.25) is 0 Å². The van der Waals surface area contributed by atoms with Gasteiger partial charge in [0.25, 0.3) is 17.7 Å². The maximum absolute atomic E-state index is 13.3. The molecule has 28 nitrogen and oxygen atoms in total. The Morgan fingerprint density at radius 3 is 1.13 bits per heavy atom. The maximum atomic E-state index is 13.3. The second-order valence-corrected chi connectivity index (χ2v) is 31.7. The largest absolute Gasteiger partial charge is 0.495 e. The van der Waals surface area contributed by atoms with Crippen molar-refractivity contribution in [2.45, 2.75) is 197 Å². The molecular weight excluding hydrogens is 1390 g/mol. The Balaban J connectivity index is 0.000000130. The van der Waals surface area contributed by atoms with Gasteiger partial charge in [-0.15, -0.1) is 0 Å². The summed E-state index contributed by atoms with van der Waals surface area (Å²) in [4.78, 5) is 118. The standard InChI is InChI=1S/C28H36N6O4.C28H36N6O3.C25H32N6O3/c1-33-22-16-29-27(32-24(22)34(20-5-3-4-6-20)17-28(11-12-28)26(33)36)31-21-8-7-18(15-23(21)37-2)25(35)30-19-9-13-38-14-10-19;1-33-22-16-29-27(32-24(22)34(20-9-5-6-10-20)17-28(13-14-28)26(33)36)31-21-12-11-18(15-23(21)37-2)25(35)30-19-7-3-4-8-19;1-15-14-31(18-6-4-5-7-18)22-20(30(2)24(15)33)13-26-25(29-22)28-19-11-8-16(12-21(19)34-3)23(32)27-17-9-10-17/h7-8,15-16,19-20H,3-6,9-14,17H2,1-2H3,(H,30,35)(H,29,31,32);11-12,15-16,19-20H,3-10,13-14,17H2,1-2H3,(H,30,35)(H,29,31,32);8,11-13,15,17-18H,4-7,9-10,14H2,1-3H3,(H,27,32)(H,26,28,29)/t;;15-/m..0/s1. The number of rotatable bonds is 18. The van der Waals surface area contributed by atoms with Gasteiger partial charge in [-0.25, -0.2) is 15.0 Å². The first-order valence-electron chi connectivity index (χ1n) is 39.5. The van der Waals surface area contributed by atoms with Gasteiger partial charge in [-0.3, -0.25) is 28.8 Å². The third-order valence-corrected chi connectivity index (χ3v) is 24.1. The Morgan fingerprint density at radius 2 is 0.771 bits per heavy atom. The molecule has 2 spiro atoms. The first kappa shape index (κ1) is 74.3. The third-order valence-electron chi connectivity index (χ3n) is 24.1. The van der Waals surface area contributed by atoms with E-state index in [9.17, 15) is 28.8 Å². The molecule has 8 fully saturated rings. The predicted octanol–water partition coefficient (Wildman–Crippen LogP) is 11.5. The number of ether oxygens (including phenoxy) is 4. The zero-order chi connectivity index (χ0) is 75.7. The van der Waals surface area contributed by atoms with E-state index in [1.54, 1.807) is 98.1 Å². The van der Waals surface area contributed by atoms with Crippen molar-refractivity contribution in [3.8, 4) is 17.2 Å². The molecule has 7 heterocycles. The number of hydrogen-bond acceptors (Lipinski definition) is 22.